The van der Waals surface area contributed by atoms with Gasteiger partial charge in [-0.05, 0) is 59.7 Å². The van der Waals surface area contributed by atoms with E-state index in [1.807, 2.05) is 0 Å². The molecule has 2 aromatic rings. The number of carbonyl (C=O) groups is 2. The van der Waals surface area contributed by atoms with E-state index in [2.05, 4.69) is 6.92 Å². The van der Waals surface area contributed by atoms with Gasteiger partial charge in [0.2, 0.25) is 0 Å². The second kappa shape index (κ2) is 10.3. The zero-order valence-corrected chi connectivity index (χ0v) is 17.8. The van der Waals surface area contributed by atoms with Crippen LogP contribution in [0.15, 0.2) is 47.4 Å². The van der Waals surface area contributed by atoms with Gasteiger partial charge in [-0.1, -0.05) is 38.0 Å². The molecule has 0 bridgehead atoms. The smallest absolute Gasteiger partial charge is 0.293 e. The largest absolute Gasteiger partial charge is 0.493 e. The number of unbranched alkanes of at least 4 members (excludes halogenated alkanes) is 2. The van der Waals surface area contributed by atoms with Crippen LogP contribution in [0.1, 0.15) is 37.3 Å². The highest BCUT2D eigenvalue weighted by Gasteiger charge is 2.34. The Hall–Kier alpha value is -2.80. The van der Waals surface area contributed by atoms with E-state index < -0.39 is 0 Å². The maximum atomic E-state index is 13.3. The molecule has 0 atom stereocenters. The Labute approximate surface area is 179 Å². The average Bonchev–Trinajstić information content (AvgIpc) is 3.00. The first-order chi connectivity index (χ1) is 14.5. The molecule has 2 aromatic carbocycles. The fourth-order valence-electron chi connectivity index (χ4n) is 3.05. The van der Waals surface area contributed by atoms with Crippen molar-refractivity contribution in [3.05, 3.63) is 64.3 Å². The van der Waals surface area contributed by atoms with E-state index in [-0.39, 0.29) is 23.6 Å². The zero-order chi connectivity index (χ0) is 21.5. The maximum absolute atomic E-state index is 13.3. The van der Waals surface area contributed by atoms with E-state index in [9.17, 15) is 14.0 Å². The van der Waals surface area contributed by atoms with E-state index in [1.54, 1.807) is 36.4 Å². The van der Waals surface area contributed by atoms with Crippen molar-refractivity contribution in [2.75, 3.05) is 13.7 Å². The standard InChI is InChI=1S/C23H24FNO4S/c1-3-4-5-11-25-22(26)21(30-23(25)27)14-16-9-10-19(20(13-16)28-2)29-15-17-7-6-8-18(24)12-17/h6-10,12-14H,3-5,11,15H2,1-2H3/b21-14-. The number of imide groups is 1. The first kappa shape index (κ1) is 21.9. The fourth-order valence-corrected chi connectivity index (χ4v) is 3.91. The second-order valence-electron chi connectivity index (χ2n) is 6.87. The monoisotopic (exact) mass is 429 g/mol. The van der Waals surface area contributed by atoms with Gasteiger partial charge in [0.15, 0.2) is 11.5 Å². The molecule has 1 aliphatic heterocycles. The van der Waals surface area contributed by atoms with Gasteiger partial charge < -0.3 is 9.47 Å². The number of hydrogen-bond acceptors (Lipinski definition) is 5. The summed E-state index contributed by atoms with van der Waals surface area (Å²) in [6.07, 6.45) is 4.51. The number of nitrogens with zero attached hydrogens (tertiary/aromatic N) is 1. The summed E-state index contributed by atoms with van der Waals surface area (Å²) in [6.45, 7) is 2.72. The molecular weight excluding hydrogens is 405 g/mol. The molecule has 0 saturated carbocycles. The summed E-state index contributed by atoms with van der Waals surface area (Å²) in [4.78, 5) is 26.4. The van der Waals surface area contributed by atoms with Crippen molar-refractivity contribution in [1.82, 2.24) is 4.90 Å². The second-order valence-corrected chi connectivity index (χ2v) is 7.86. The van der Waals surface area contributed by atoms with Crippen LogP contribution in [-0.4, -0.2) is 29.7 Å². The molecule has 0 aromatic heterocycles. The average molecular weight is 430 g/mol. The van der Waals surface area contributed by atoms with E-state index in [0.29, 0.717) is 28.5 Å². The third-order valence-corrected chi connectivity index (χ3v) is 5.54. The highest BCUT2D eigenvalue weighted by atomic mass is 32.2. The van der Waals surface area contributed by atoms with Crippen LogP contribution in [0.2, 0.25) is 0 Å². The number of methoxy groups -OCH3 is 1. The molecule has 30 heavy (non-hydrogen) atoms. The van der Waals surface area contributed by atoms with Crippen molar-refractivity contribution < 1.29 is 23.5 Å². The minimum Gasteiger partial charge on any atom is -0.493 e. The lowest BCUT2D eigenvalue weighted by molar-refractivity contribution is -0.122. The van der Waals surface area contributed by atoms with E-state index in [0.717, 1.165) is 36.6 Å². The lowest BCUT2D eigenvalue weighted by Crippen LogP contribution is -2.29. The van der Waals surface area contributed by atoms with E-state index in [4.69, 9.17) is 9.47 Å². The number of carbonyl (C=O) groups excluding carboxylic acids is 2. The van der Waals surface area contributed by atoms with Crippen LogP contribution in [0.5, 0.6) is 11.5 Å². The Morgan fingerprint density at radius 1 is 1.10 bits per heavy atom. The van der Waals surface area contributed by atoms with Gasteiger partial charge in [-0.2, -0.15) is 0 Å². The third kappa shape index (κ3) is 5.42. The number of benzene rings is 2. The summed E-state index contributed by atoms with van der Waals surface area (Å²) >= 11 is 0.952. The Bertz CT molecular complexity index is 960. The maximum Gasteiger partial charge on any atom is 0.293 e. The normalized spacial score (nSPS) is 15.2. The predicted octanol–water partition coefficient (Wildman–Crippen LogP) is 5.64. The molecule has 1 fully saturated rings. The van der Waals surface area contributed by atoms with Crippen molar-refractivity contribution in [1.29, 1.82) is 0 Å². The first-order valence-corrected chi connectivity index (χ1v) is 10.6. The van der Waals surface area contributed by atoms with Crippen molar-refractivity contribution in [2.24, 2.45) is 0 Å². The van der Waals surface area contributed by atoms with E-state index in [1.165, 1.54) is 24.1 Å². The number of amides is 2. The lowest BCUT2D eigenvalue weighted by Gasteiger charge is -2.12. The SMILES string of the molecule is CCCCCN1C(=O)S/C(=C\c2ccc(OCc3cccc(F)c3)c(OC)c2)C1=O. The molecule has 7 heteroatoms. The first-order valence-electron chi connectivity index (χ1n) is 9.82. The number of ether oxygens (including phenoxy) is 2. The summed E-state index contributed by atoms with van der Waals surface area (Å²) in [7, 11) is 1.52. The molecule has 0 aliphatic carbocycles. The molecule has 5 nitrogen and oxygen atoms in total. The summed E-state index contributed by atoms with van der Waals surface area (Å²) in [5.74, 6) is 0.419. The van der Waals surface area contributed by atoms with Gasteiger partial charge >= 0.3 is 0 Å². The molecule has 2 amide bonds. The van der Waals surface area contributed by atoms with Crippen molar-refractivity contribution in [3.8, 4) is 11.5 Å². The number of rotatable bonds is 9. The van der Waals surface area contributed by atoms with Crippen molar-refractivity contribution >= 4 is 29.0 Å². The molecule has 1 saturated heterocycles. The molecule has 0 spiro atoms. The van der Waals surface area contributed by atoms with Crippen LogP contribution in [-0.2, 0) is 11.4 Å². The lowest BCUT2D eigenvalue weighted by atomic mass is 10.1. The van der Waals surface area contributed by atoms with E-state index >= 15 is 0 Å². The van der Waals surface area contributed by atoms with Crippen LogP contribution in [0.3, 0.4) is 0 Å². The Balaban J connectivity index is 1.71. The minimum atomic E-state index is -0.318. The quantitative estimate of drug-likeness (QED) is 0.381. The van der Waals surface area contributed by atoms with Crippen LogP contribution in [0.25, 0.3) is 6.08 Å². The Morgan fingerprint density at radius 2 is 1.93 bits per heavy atom. The molecule has 0 radical (unpaired) electrons. The van der Waals surface area contributed by atoms with Crippen LogP contribution < -0.4 is 9.47 Å². The van der Waals surface area contributed by atoms with Gasteiger partial charge in [0.25, 0.3) is 11.1 Å². The van der Waals surface area contributed by atoms with Gasteiger partial charge in [0.1, 0.15) is 12.4 Å². The molecule has 1 aliphatic rings. The van der Waals surface area contributed by atoms with Crippen LogP contribution >= 0.6 is 11.8 Å². The summed E-state index contributed by atoms with van der Waals surface area (Å²) in [5, 5.41) is -0.232. The molecule has 0 unspecified atom stereocenters. The van der Waals surface area contributed by atoms with Crippen LogP contribution in [0, 0.1) is 5.82 Å². The molecule has 0 N–H and O–H groups in total. The minimum absolute atomic E-state index is 0.199. The summed E-state index contributed by atoms with van der Waals surface area (Å²) in [5.41, 5.74) is 1.43. The molecule has 158 valence electrons. The molecule has 1 heterocycles. The predicted molar refractivity (Wildman–Crippen MR) is 116 cm³/mol. The van der Waals surface area contributed by atoms with Crippen LogP contribution in [0.4, 0.5) is 9.18 Å². The van der Waals surface area contributed by atoms with Crippen molar-refractivity contribution in [3.63, 3.8) is 0 Å². The topological polar surface area (TPSA) is 55.8 Å². The highest BCUT2D eigenvalue weighted by molar-refractivity contribution is 8.18. The van der Waals surface area contributed by atoms with Gasteiger partial charge in [0, 0.05) is 6.54 Å². The van der Waals surface area contributed by atoms with Gasteiger partial charge in [-0.15, -0.1) is 0 Å². The highest BCUT2D eigenvalue weighted by Crippen LogP contribution is 2.35. The number of hydrogen-bond donors (Lipinski definition) is 0. The van der Waals surface area contributed by atoms with Gasteiger partial charge in [-0.25, -0.2) is 4.39 Å². The summed E-state index contributed by atoms with van der Waals surface area (Å²) in [6, 6.07) is 11.5. The van der Waals surface area contributed by atoms with Gasteiger partial charge in [-0.3, -0.25) is 14.5 Å². The molecule has 3 rings (SSSR count). The zero-order valence-electron chi connectivity index (χ0n) is 17.0. The number of thioether (sulfide) groups is 1. The molecular formula is C23H24FNO4S. The summed E-state index contributed by atoms with van der Waals surface area (Å²) < 4.78 is 24.5. The van der Waals surface area contributed by atoms with Gasteiger partial charge in [0.05, 0.1) is 12.0 Å². The Morgan fingerprint density at radius 3 is 2.67 bits per heavy atom. The van der Waals surface area contributed by atoms with Crippen molar-refractivity contribution in [2.45, 2.75) is 32.8 Å². The Kier molecular flexibility index (Phi) is 7.52. The fraction of sp³-hybridized carbons (Fsp3) is 0.304. The number of halogens is 1. The third-order valence-electron chi connectivity index (χ3n) is 4.63.